The molecule has 1 unspecified atom stereocenters. The molecule has 0 aromatic heterocycles. The van der Waals surface area contributed by atoms with Gasteiger partial charge in [-0.1, -0.05) is 19.1 Å². The van der Waals surface area contributed by atoms with Crippen molar-refractivity contribution < 1.29 is 14.2 Å². The number of piperidine rings is 1. The van der Waals surface area contributed by atoms with E-state index in [4.69, 9.17) is 14.2 Å². The molecule has 1 N–H and O–H groups in total. The van der Waals surface area contributed by atoms with Crippen LogP contribution in [0.1, 0.15) is 44.1 Å². The van der Waals surface area contributed by atoms with E-state index in [0.29, 0.717) is 12.0 Å². The summed E-state index contributed by atoms with van der Waals surface area (Å²) in [6.45, 7) is 6.70. The number of halogens is 1. The van der Waals surface area contributed by atoms with Gasteiger partial charge in [0.1, 0.15) is 5.75 Å². The van der Waals surface area contributed by atoms with Gasteiger partial charge in [-0.15, -0.1) is 24.0 Å². The molecule has 0 aliphatic carbocycles. The highest BCUT2D eigenvalue weighted by Gasteiger charge is 2.21. The third kappa shape index (κ3) is 9.09. The molecule has 0 bridgehead atoms. The van der Waals surface area contributed by atoms with Crippen molar-refractivity contribution >= 4 is 29.9 Å². The second-order valence-electron chi connectivity index (χ2n) is 7.34. The van der Waals surface area contributed by atoms with E-state index in [1.54, 1.807) is 14.2 Å². The molecular formula is C22H38IN3O3. The van der Waals surface area contributed by atoms with E-state index in [-0.39, 0.29) is 24.0 Å². The van der Waals surface area contributed by atoms with E-state index in [1.807, 2.05) is 19.2 Å². The number of hydrogen-bond acceptors (Lipinski definition) is 4. The minimum atomic E-state index is 0. The third-order valence-electron chi connectivity index (χ3n) is 5.34. The quantitative estimate of drug-likeness (QED) is 0.220. The largest absolute Gasteiger partial charge is 0.497 e. The molecular weight excluding hydrogens is 481 g/mol. The Bertz CT molecular complexity index is 575. The van der Waals surface area contributed by atoms with Crippen molar-refractivity contribution in [2.24, 2.45) is 4.99 Å². The number of rotatable bonds is 10. The molecule has 0 amide bonds. The summed E-state index contributed by atoms with van der Waals surface area (Å²) in [6, 6.07) is 8.35. The predicted octanol–water partition coefficient (Wildman–Crippen LogP) is 3.90. The first kappa shape index (κ1) is 26.0. The van der Waals surface area contributed by atoms with Crippen molar-refractivity contribution in [3.8, 4) is 5.75 Å². The van der Waals surface area contributed by atoms with Gasteiger partial charge in [0.25, 0.3) is 0 Å². The highest BCUT2D eigenvalue weighted by molar-refractivity contribution is 14.0. The van der Waals surface area contributed by atoms with E-state index in [9.17, 15) is 0 Å². The summed E-state index contributed by atoms with van der Waals surface area (Å²) in [4.78, 5) is 6.81. The fourth-order valence-electron chi connectivity index (χ4n) is 3.52. The normalized spacial score (nSPS) is 16.3. The number of guanidine groups is 1. The SMILES string of the molecule is CN=C(NCCC(C)c1ccc(OC)cc1)N1CCC(OCCCOC)CC1.I. The molecule has 1 aliphatic heterocycles. The van der Waals surface area contributed by atoms with Crippen molar-refractivity contribution in [2.45, 2.75) is 44.6 Å². The summed E-state index contributed by atoms with van der Waals surface area (Å²) < 4.78 is 16.3. The number of likely N-dealkylation sites (tertiary alicyclic amines) is 1. The first-order chi connectivity index (χ1) is 13.7. The summed E-state index contributed by atoms with van der Waals surface area (Å²) in [5.41, 5.74) is 1.34. The van der Waals surface area contributed by atoms with Crippen LogP contribution in [0, 0.1) is 0 Å². The Kier molecular flexibility index (Phi) is 13.3. The average Bonchev–Trinajstić information content (AvgIpc) is 2.75. The maximum absolute atomic E-state index is 5.95. The van der Waals surface area contributed by atoms with Crippen molar-refractivity contribution in [3.63, 3.8) is 0 Å². The zero-order valence-corrected chi connectivity index (χ0v) is 20.7. The number of hydrogen-bond donors (Lipinski definition) is 1. The first-order valence-corrected chi connectivity index (χ1v) is 10.4. The molecule has 6 nitrogen and oxygen atoms in total. The Labute approximate surface area is 193 Å². The van der Waals surface area contributed by atoms with Gasteiger partial charge in [-0.2, -0.15) is 0 Å². The Morgan fingerprint density at radius 1 is 1.17 bits per heavy atom. The minimum absolute atomic E-state index is 0. The third-order valence-corrected chi connectivity index (χ3v) is 5.34. The summed E-state index contributed by atoms with van der Waals surface area (Å²) >= 11 is 0. The molecule has 1 aromatic carbocycles. The number of benzene rings is 1. The lowest BCUT2D eigenvalue weighted by Crippen LogP contribution is -2.47. The number of aliphatic imine (C=N–C) groups is 1. The monoisotopic (exact) mass is 519 g/mol. The van der Waals surface area contributed by atoms with Crippen LogP contribution in [0.25, 0.3) is 0 Å². The topological polar surface area (TPSA) is 55.3 Å². The Morgan fingerprint density at radius 2 is 1.86 bits per heavy atom. The maximum Gasteiger partial charge on any atom is 0.193 e. The van der Waals surface area contributed by atoms with E-state index in [2.05, 4.69) is 34.3 Å². The molecule has 0 radical (unpaired) electrons. The van der Waals surface area contributed by atoms with Gasteiger partial charge in [-0.25, -0.2) is 0 Å². The molecule has 0 saturated carbocycles. The van der Waals surface area contributed by atoms with Gasteiger partial charge in [0, 0.05) is 47.0 Å². The lowest BCUT2D eigenvalue weighted by molar-refractivity contribution is 0.00991. The van der Waals surface area contributed by atoms with E-state index >= 15 is 0 Å². The molecule has 0 spiro atoms. The van der Waals surface area contributed by atoms with Crippen LogP contribution in [0.4, 0.5) is 0 Å². The number of nitrogens with zero attached hydrogens (tertiary/aromatic N) is 2. The van der Waals surface area contributed by atoms with E-state index < -0.39 is 0 Å². The standard InChI is InChI=1S/C22H37N3O3.HI/c1-18(19-6-8-20(27-4)9-7-19)10-13-24-22(23-2)25-14-11-21(12-15-25)28-17-5-16-26-3;/h6-9,18,21H,5,10-17H2,1-4H3,(H,23,24);1H. The minimum Gasteiger partial charge on any atom is -0.497 e. The molecule has 29 heavy (non-hydrogen) atoms. The number of methoxy groups -OCH3 is 2. The van der Waals surface area contributed by atoms with Crippen molar-refractivity contribution in [1.82, 2.24) is 10.2 Å². The lowest BCUT2D eigenvalue weighted by atomic mass is 9.98. The molecule has 2 rings (SSSR count). The molecule has 7 heteroatoms. The van der Waals surface area contributed by atoms with Gasteiger partial charge in [-0.3, -0.25) is 4.99 Å². The molecule has 1 aliphatic rings. The van der Waals surface area contributed by atoms with Crippen LogP contribution in [0.15, 0.2) is 29.3 Å². The molecule has 1 atom stereocenters. The van der Waals surface area contributed by atoms with E-state index in [1.165, 1.54) is 5.56 Å². The van der Waals surface area contributed by atoms with Crippen molar-refractivity contribution in [2.75, 3.05) is 54.1 Å². The highest BCUT2D eigenvalue weighted by atomic mass is 127. The van der Waals surface area contributed by atoms with Crippen molar-refractivity contribution in [1.29, 1.82) is 0 Å². The second-order valence-corrected chi connectivity index (χ2v) is 7.34. The van der Waals surface area contributed by atoms with Gasteiger partial charge in [0.2, 0.25) is 0 Å². The van der Waals surface area contributed by atoms with Crippen LogP contribution in [0.2, 0.25) is 0 Å². The van der Waals surface area contributed by atoms with Crippen molar-refractivity contribution in [3.05, 3.63) is 29.8 Å². The van der Waals surface area contributed by atoms with Crippen LogP contribution < -0.4 is 10.1 Å². The summed E-state index contributed by atoms with van der Waals surface area (Å²) in [7, 11) is 5.29. The van der Waals surface area contributed by atoms with Crippen LogP contribution in [-0.2, 0) is 9.47 Å². The average molecular weight is 519 g/mol. The molecule has 1 heterocycles. The summed E-state index contributed by atoms with van der Waals surface area (Å²) in [5.74, 6) is 2.39. The van der Waals surface area contributed by atoms with E-state index in [0.717, 1.165) is 70.2 Å². The fraction of sp³-hybridized carbons (Fsp3) is 0.682. The van der Waals surface area contributed by atoms with Gasteiger partial charge in [0.15, 0.2) is 5.96 Å². The number of nitrogens with one attached hydrogen (secondary N) is 1. The molecule has 1 fully saturated rings. The molecule has 1 saturated heterocycles. The Balaban J connectivity index is 0.00000420. The smallest absolute Gasteiger partial charge is 0.193 e. The van der Waals surface area contributed by atoms with Crippen LogP contribution in [0.5, 0.6) is 5.75 Å². The fourth-order valence-corrected chi connectivity index (χ4v) is 3.52. The second kappa shape index (κ2) is 14.8. The summed E-state index contributed by atoms with van der Waals surface area (Å²) in [6.07, 6.45) is 4.49. The lowest BCUT2D eigenvalue weighted by Gasteiger charge is -2.34. The molecule has 166 valence electrons. The zero-order valence-electron chi connectivity index (χ0n) is 18.4. The summed E-state index contributed by atoms with van der Waals surface area (Å²) in [5, 5.41) is 3.53. The molecule has 1 aromatic rings. The van der Waals surface area contributed by atoms with Crippen LogP contribution >= 0.6 is 24.0 Å². The first-order valence-electron chi connectivity index (χ1n) is 10.4. The van der Waals surface area contributed by atoms with Gasteiger partial charge in [0.05, 0.1) is 13.2 Å². The zero-order chi connectivity index (χ0) is 20.2. The number of ether oxygens (including phenoxy) is 3. The Morgan fingerprint density at radius 3 is 2.45 bits per heavy atom. The van der Waals surface area contributed by atoms with Gasteiger partial charge < -0.3 is 24.4 Å². The highest BCUT2D eigenvalue weighted by Crippen LogP contribution is 2.21. The Hall–Kier alpha value is -1.06. The van der Waals surface area contributed by atoms with Gasteiger partial charge >= 0.3 is 0 Å². The maximum atomic E-state index is 5.95. The van der Waals surface area contributed by atoms with Gasteiger partial charge in [-0.05, 0) is 49.3 Å². The van der Waals surface area contributed by atoms with Crippen LogP contribution in [-0.4, -0.2) is 71.1 Å². The predicted molar refractivity (Wildman–Crippen MR) is 130 cm³/mol. The van der Waals surface area contributed by atoms with Crippen LogP contribution in [0.3, 0.4) is 0 Å².